The molecule has 0 bridgehead atoms. The van der Waals surface area contributed by atoms with E-state index < -0.39 is 35.9 Å². The monoisotopic (exact) mass is 424 g/mol. The van der Waals surface area contributed by atoms with E-state index in [9.17, 15) is 27.9 Å². The number of amides is 2. The first-order chi connectivity index (χ1) is 14.2. The van der Waals surface area contributed by atoms with Crippen LogP contribution < -0.4 is 15.4 Å². The van der Waals surface area contributed by atoms with Crippen LogP contribution in [-0.2, 0) is 9.53 Å². The number of hydrogen-bond donors (Lipinski definition) is 3. The SMILES string of the molecule is CCOC(=O)[C@H]1[C@@H](c2cccc(Oc3ccccc3)c2)NC(=O)N[C@]1(O)C(F)(F)F. The zero-order valence-electron chi connectivity index (χ0n) is 15.8. The number of halogens is 3. The lowest BCUT2D eigenvalue weighted by molar-refractivity contribution is -0.294. The minimum atomic E-state index is -5.33. The summed E-state index contributed by atoms with van der Waals surface area (Å²) in [6.07, 6.45) is -5.33. The van der Waals surface area contributed by atoms with Crippen LogP contribution in [0.4, 0.5) is 18.0 Å². The van der Waals surface area contributed by atoms with Crippen LogP contribution in [0, 0.1) is 5.92 Å². The van der Waals surface area contributed by atoms with Gasteiger partial charge in [0.05, 0.1) is 12.6 Å². The van der Waals surface area contributed by atoms with Gasteiger partial charge in [0, 0.05) is 0 Å². The van der Waals surface area contributed by atoms with Crippen LogP contribution in [0.25, 0.3) is 0 Å². The van der Waals surface area contributed by atoms with Crippen LogP contribution in [0.2, 0.25) is 0 Å². The summed E-state index contributed by atoms with van der Waals surface area (Å²) < 4.78 is 51.5. The van der Waals surface area contributed by atoms with Crippen LogP contribution >= 0.6 is 0 Å². The summed E-state index contributed by atoms with van der Waals surface area (Å²) in [6.45, 7) is 1.21. The molecule has 10 heteroatoms. The quantitative estimate of drug-likeness (QED) is 0.641. The Morgan fingerprint density at radius 2 is 1.80 bits per heavy atom. The molecule has 3 rings (SSSR count). The van der Waals surface area contributed by atoms with Crippen LogP contribution in [0.1, 0.15) is 18.5 Å². The highest BCUT2D eigenvalue weighted by atomic mass is 19.4. The van der Waals surface area contributed by atoms with E-state index in [1.54, 1.807) is 36.4 Å². The Morgan fingerprint density at radius 3 is 2.43 bits per heavy atom. The largest absolute Gasteiger partial charge is 0.466 e. The molecule has 30 heavy (non-hydrogen) atoms. The Bertz CT molecular complexity index is 922. The molecule has 0 radical (unpaired) electrons. The topological polar surface area (TPSA) is 96.9 Å². The number of para-hydroxylation sites is 1. The van der Waals surface area contributed by atoms with E-state index in [1.165, 1.54) is 30.4 Å². The third-order valence-corrected chi connectivity index (χ3v) is 4.54. The Hall–Kier alpha value is -3.27. The average Bonchev–Trinajstić information content (AvgIpc) is 2.67. The second kappa shape index (κ2) is 8.23. The first-order valence-corrected chi connectivity index (χ1v) is 9.03. The maximum atomic E-state index is 13.7. The highest BCUT2D eigenvalue weighted by Gasteiger charge is 2.67. The molecule has 3 N–H and O–H groups in total. The standard InChI is InChI=1S/C20H19F3N2O5/c1-2-29-17(26)15-16(24-18(27)25-19(15,28)20(21,22)23)12-7-6-10-14(11-12)30-13-8-4-3-5-9-13/h3-11,15-16,28H,2H2,1H3,(H2,24,25,27)/t15-,16-,19-/m1/s1. The second-order valence-electron chi connectivity index (χ2n) is 6.56. The van der Waals surface area contributed by atoms with E-state index in [0.29, 0.717) is 5.75 Å². The van der Waals surface area contributed by atoms with Gasteiger partial charge in [0.15, 0.2) is 0 Å². The molecule has 7 nitrogen and oxygen atoms in total. The first-order valence-electron chi connectivity index (χ1n) is 9.03. The van der Waals surface area contributed by atoms with Gasteiger partial charge in [-0.1, -0.05) is 30.3 Å². The van der Waals surface area contributed by atoms with Gasteiger partial charge in [-0.3, -0.25) is 4.79 Å². The average molecular weight is 424 g/mol. The fourth-order valence-corrected chi connectivity index (χ4v) is 3.21. The molecule has 0 aliphatic carbocycles. The van der Waals surface area contributed by atoms with Crippen molar-refractivity contribution in [2.45, 2.75) is 24.9 Å². The maximum absolute atomic E-state index is 13.7. The number of hydrogen-bond acceptors (Lipinski definition) is 5. The van der Waals surface area contributed by atoms with E-state index in [2.05, 4.69) is 5.32 Å². The van der Waals surface area contributed by atoms with Crippen molar-refractivity contribution < 1.29 is 37.3 Å². The van der Waals surface area contributed by atoms with Crippen LogP contribution in [0.3, 0.4) is 0 Å². The molecule has 0 aromatic heterocycles. The smallest absolute Gasteiger partial charge is 0.437 e. The number of urea groups is 1. The molecule has 1 saturated heterocycles. The Kier molecular flexibility index (Phi) is 5.88. The Labute approximate surface area is 169 Å². The summed E-state index contributed by atoms with van der Waals surface area (Å²) in [5.41, 5.74) is -3.69. The van der Waals surface area contributed by atoms with Crippen molar-refractivity contribution in [3.05, 3.63) is 60.2 Å². The first kappa shape index (κ1) is 21.4. The van der Waals surface area contributed by atoms with Gasteiger partial charge in [0.1, 0.15) is 17.4 Å². The summed E-state index contributed by atoms with van der Waals surface area (Å²) in [5, 5.41) is 14.0. The van der Waals surface area contributed by atoms with Crippen molar-refractivity contribution >= 4 is 12.0 Å². The molecular weight excluding hydrogens is 405 g/mol. The zero-order valence-corrected chi connectivity index (χ0v) is 15.8. The number of carbonyl (C=O) groups excluding carboxylic acids is 2. The number of benzene rings is 2. The molecule has 0 unspecified atom stereocenters. The number of rotatable bonds is 5. The van der Waals surface area contributed by atoms with Crippen molar-refractivity contribution in [1.82, 2.24) is 10.6 Å². The van der Waals surface area contributed by atoms with Crippen molar-refractivity contribution in [1.29, 1.82) is 0 Å². The number of nitrogens with one attached hydrogen (secondary N) is 2. The molecule has 0 spiro atoms. The molecule has 1 aliphatic rings. The number of alkyl halides is 3. The van der Waals surface area contributed by atoms with Crippen LogP contribution in [0.5, 0.6) is 11.5 Å². The number of ether oxygens (including phenoxy) is 2. The van der Waals surface area contributed by atoms with E-state index in [0.717, 1.165) is 0 Å². The molecule has 2 aromatic carbocycles. The molecule has 160 valence electrons. The van der Waals surface area contributed by atoms with Crippen LogP contribution in [0.15, 0.2) is 54.6 Å². The summed E-state index contributed by atoms with van der Waals surface area (Å²) in [5.74, 6) is -2.76. The van der Waals surface area contributed by atoms with Gasteiger partial charge in [0.2, 0.25) is 0 Å². The number of esters is 1. The van der Waals surface area contributed by atoms with Gasteiger partial charge < -0.3 is 25.2 Å². The van der Waals surface area contributed by atoms with Gasteiger partial charge in [0.25, 0.3) is 5.72 Å². The highest BCUT2D eigenvalue weighted by Crippen LogP contribution is 2.43. The minimum Gasteiger partial charge on any atom is -0.466 e. The van der Waals surface area contributed by atoms with E-state index in [4.69, 9.17) is 9.47 Å². The molecule has 1 aliphatic heterocycles. The van der Waals surface area contributed by atoms with Crippen molar-refractivity contribution in [2.24, 2.45) is 5.92 Å². The fraction of sp³-hybridized carbons (Fsp3) is 0.300. The third kappa shape index (κ3) is 4.18. The summed E-state index contributed by atoms with van der Waals surface area (Å²) in [6, 6.07) is 11.7. The van der Waals surface area contributed by atoms with Crippen molar-refractivity contribution in [2.75, 3.05) is 6.61 Å². The summed E-state index contributed by atoms with van der Waals surface area (Å²) in [7, 11) is 0. The second-order valence-corrected chi connectivity index (χ2v) is 6.56. The molecule has 2 aromatic rings. The molecule has 1 heterocycles. The van der Waals surface area contributed by atoms with Gasteiger partial charge in [-0.2, -0.15) is 13.2 Å². The van der Waals surface area contributed by atoms with Crippen molar-refractivity contribution in [3.8, 4) is 11.5 Å². The normalized spacial score (nSPS) is 23.8. The van der Waals surface area contributed by atoms with Gasteiger partial charge in [-0.25, -0.2) is 4.79 Å². The third-order valence-electron chi connectivity index (χ3n) is 4.54. The lowest BCUT2D eigenvalue weighted by Crippen LogP contribution is -2.73. The van der Waals surface area contributed by atoms with Gasteiger partial charge in [-0.15, -0.1) is 0 Å². The summed E-state index contributed by atoms with van der Waals surface area (Å²) in [4.78, 5) is 24.4. The molecule has 1 fully saturated rings. The Morgan fingerprint density at radius 1 is 1.13 bits per heavy atom. The van der Waals surface area contributed by atoms with Crippen molar-refractivity contribution in [3.63, 3.8) is 0 Å². The predicted octanol–water partition coefficient (Wildman–Crippen LogP) is 3.26. The zero-order chi connectivity index (χ0) is 21.9. The fourth-order valence-electron chi connectivity index (χ4n) is 3.21. The van der Waals surface area contributed by atoms with E-state index >= 15 is 0 Å². The number of carbonyl (C=O) groups is 2. The molecule has 2 amide bonds. The number of aliphatic hydroxyl groups is 1. The van der Waals surface area contributed by atoms with E-state index in [1.807, 2.05) is 0 Å². The predicted molar refractivity (Wildman–Crippen MR) is 98.5 cm³/mol. The minimum absolute atomic E-state index is 0.124. The van der Waals surface area contributed by atoms with E-state index in [-0.39, 0.29) is 17.9 Å². The Balaban J connectivity index is 2.02. The van der Waals surface area contributed by atoms with Gasteiger partial charge >= 0.3 is 18.2 Å². The van der Waals surface area contributed by atoms with Crippen LogP contribution in [-0.4, -0.2) is 35.6 Å². The lowest BCUT2D eigenvalue weighted by atomic mass is 9.82. The summed E-state index contributed by atoms with van der Waals surface area (Å²) >= 11 is 0. The van der Waals surface area contributed by atoms with Gasteiger partial charge in [-0.05, 0) is 36.8 Å². The molecular formula is C20H19F3N2O5. The maximum Gasteiger partial charge on any atom is 0.437 e. The molecule has 0 saturated carbocycles. The lowest BCUT2D eigenvalue weighted by Gasteiger charge is -2.44. The molecule has 3 atom stereocenters. The highest BCUT2D eigenvalue weighted by molar-refractivity contribution is 5.83.